The van der Waals surface area contributed by atoms with Gasteiger partial charge in [0.1, 0.15) is 0 Å². The second-order valence-corrected chi connectivity index (χ2v) is 3.77. The first-order valence-corrected chi connectivity index (χ1v) is 5.09. The van der Waals surface area contributed by atoms with Crippen LogP contribution in [0.2, 0.25) is 5.02 Å². The van der Waals surface area contributed by atoms with E-state index in [1.54, 1.807) is 18.2 Å². The van der Waals surface area contributed by atoms with Gasteiger partial charge in [0.2, 0.25) is 0 Å². The van der Waals surface area contributed by atoms with Gasteiger partial charge in [0.05, 0.1) is 22.5 Å². The molecule has 0 spiro atoms. The number of nitrogens with two attached hydrogens (primary N) is 1. The highest BCUT2D eigenvalue weighted by atomic mass is 35.5. The minimum absolute atomic E-state index is 0.306. The van der Waals surface area contributed by atoms with Crippen molar-refractivity contribution in [3.8, 4) is 5.69 Å². The molecule has 86 valence electrons. The fourth-order valence-corrected chi connectivity index (χ4v) is 1.56. The second-order valence-electron chi connectivity index (χ2n) is 3.36. The molecule has 0 aliphatic rings. The van der Waals surface area contributed by atoms with Crippen molar-refractivity contribution in [2.24, 2.45) is 5.73 Å². The van der Waals surface area contributed by atoms with Crippen molar-refractivity contribution in [3.63, 3.8) is 0 Å². The third kappa shape index (κ3) is 2.19. The average molecular weight is 250 g/mol. The Morgan fingerprint density at radius 1 is 1.47 bits per heavy atom. The van der Waals surface area contributed by atoms with Gasteiger partial charge in [-0.2, -0.15) is 5.10 Å². The minimum atomic E-state index is -0.549. The van der Waals surface area contributed by atoms with Crippen LogP contribution in [0, 0.1) is 0 Å². The SMILES string of the molecule is NC(=O)c1cnn(-c2ccc(C=O)c(Cl)c2)c1. The summed E-state index contributed by atoms with van der Waals surface area (Å²) in [6.45, 7) is 0. The van der Waals surface area contributed by atoms with E-state index in [0.717, 1.165) is 0 Å². The highest BCUT2D eigenvalue weighted by molar-refractivity contribution is 6.33. The molecule has 0 saturated carbocycles. The Morgan fingerprint density at radius 3 is 2.76 bits per heavy atom. The Kier molecular flexibility index (Phi) is 2.93. The largest absolute Gasteiger partial charge is 0.366 e. The van der Waals surface area contributed by atoms with Crippen LogP contribution in [0.5, 0.6) is 0 Å². The molecule has 0 unspecified atom stereocenters. The molecule has 1 aromatic carbocycles. The zero-order valence-electron chi connectivity index (χ0n) is 8.63. The number of hydrogen-bond donors (Lipinski definition) is 1. The van der Waals surface area contributed by atoms with Gasteiger partial charge in [0, 0.05) is 11.8 Å². The van der Waals surface area contributed by atoms with Gasteiger partial charge in [-0.15, -0.1) is 0 Å². The van der Waals surface area contributed by atoms with Crippen molar-refractivity contribution in [1.29, 1.82) is 0 Å². The molecule has 0 bridgehead atoms. The third-order valence-electron chi connectivity index (χ3n) is 2.24. The van der Waals surface area contributed by atoms with Crippen LogP contribution in [-0.2, 0) is 0 Å². The molecule has 0 aliphatic carbocycles. The predicted octanol–water partition coefficient (Wildman–Crippen LogP) is 1.44. The molecule has 5 nitrogen and oxygen atoms in total. The molecule has 0 saturated heterocycles. The average Bonchev–Trinajstić information content (AvgIpc) is 2.78. The molecule has 0 aliphatic heterocycles. The first-order chi connectivity index (χ1) is 8.11. The smallest absolute Gasteiger partial charge is 0.251 e. The molecule has 0 fully saturated rings. The van der Waals surface area contributed by atoms with E-state index in [1.165, 1.54) is 17.1 Å². The summed E-state index contributed by atoms with van der Waals surface area (Å²) < 4.78 is 1.46. The number of primary amides is 1. The summed E-state index contributed by atoms with van der Waals surface area (Å²) in [6.07, 6.45) is 3.53. The summed E-state index contributed by atoms with van der Waals surface area (Å²) in [5.41, 5.74) is 6.47. The molecular weight excluding hydrogens is 242 g/mol. The van der Waals surface area contributed by atoms with Gasteiger partial charge >= 0.3 is 0 Å². The van der Waals surface area contributed by atoms with E-state index in [-0.39, 0.29) is 0 Å². The number of hydrogen-bond acceptors (Lipinski definition) is 3. The molecule has 0 radical (unpaired) electrons. The van der Waals surface area contributed by atoms with Gasteiger partial charge in [-0.1, -0.05) is 11.6 Å². The minimum Gasteiger partial charge on any atom is -0.366 e. The predicted molar refractivity (Wildman–Crippen MR) is 62.5 cm³/mol. The van der Waals surface area contributed by atoms with E-state index in [2.05, 4.69) is 5.10 Å². The number of aldehydes is 1. The molecule has 1 heterocycles. The van der Waals surface area contributed by atoms with E-state index in [0.29, 0.717) is 28.1 Å². The molecular formula is C11H8ClN3O2. The Balaban J connectivity index is 2.42. The van der Waals surface area contributed by atoms with Crippen LogP contribution in [0.4, 0.5) is 0 Å². The lowest BCUT2D eigenvalue weighted by molar-refractivity contribution is 0.1000. The maximum absolute atomic E-state index is 10.9. The number of nitrogens with zero attached hydrogens (tertiary/aromatic N) is 2. The fraction of sp³-hybridized carbons (Fsp3) is 0. The zero-order valence-corrected chi connectivity index (χ0v) is 9.39. The molecule has 1 amide bonds. The summed E-state index contributed by atoms with van der Waals surface area (Å²) in [5.74, 6) is -0.549. The van der Waals surface area contributed by atoms with Gasteiger partial charge in [0.25, 0.3) is 5.91 Å². The summed E-state index contributed by atoms with van der Waals surface area (Å²) in [6, 6.07) is 4.84. The Labute approximate surface area is 102 Å². The molecule has 1 aromatic heterocycles. The number of aromatic nitrogens is 2. The molecule has 2 N–H and O–H groups in total. The lowest BCUT2D eigenvalue weighted by atomic mass is 10.2. The summed E-state index contributed by atoms with van der Waals surface area (Å²) in [7, 11) is 0. The Morgan fingerprint density at radius 2 is 2.24 bits per heavy atom. The van der Waals surface area contributed by atoms with Crippen LogP contribution in [0.3, 0.4) is 0 Å². The van der Waals surface area contributed by atoms with Gasteiger partial charge in [-0.3, -0.25) is 9.59 Å². The number of benzene rings is 1. The Bertz CT molecular complexity index is 592. The summed E-state index contributed by atoms with van der Waals surface area (Å²) in [5, 5.41) is 4.30. The van der Waals surface area contributed by atoms with E-state index in [1.807, 2.05) is 0 Å². The highest BCUT2D eigenvalue weighted by Crippen LogP contribution is 2.18. The fourth-order valence-electron chi connectivity index (χ4n) is 1.35. The monoisotopic (exact) mass is 249 g/mol. The number of rotatable bonds is 3. The lowest BCUT2D eigenvalue weighted by Crippen LogP contribution is -2.09. The van der Waals surface area contributed by atoms with E-state index < -0.39 is 5.91 Å². The first kappa shape index (κ1) is 11.3. The maximum Gasteiger partial charge on any atom is 0.251 e. The van der Waals surface area contributed by atoms with Crippen LogP contribution in [0.1, 0.15) is 20.7 Å². The standard InChI is InChI=1S/C11H8ClN3O2/c12-10-3-9(2-1-7(10)6-16)15-5-8(4-14-15)11(13)17/h1-6H,(H2,13,17). The van der Waals surface area contributed by atoms with Crippen molar-refractivity contribution in [2.75, 3.05) is 0 Å². The zero-order chi connectivity index (χ0) is 12.4. The van der Waals surface area contributed by atoms with Crippen molar-refractivity contribution in [2.45, 2.75) is 0 Å². The number of carbonyl (C=O) groups excluding carboxylic acids is 2. The van der Waals surface area contributed by atoms with E-state index in [9.17, 15) is 9.59 Å². The first-order valence-electron chi connectivity index (χ1n) is 4.71. The normalized spacial score (nSPS) is 10.2. The third-order valence-corrected chi connectivity index (χ3v) is 2.57. The van der Waals surface area contributed by atoms with Crippen molar-refractivity contribution in [3.05, 3.63) is 46.7 Å². The van der Waals surface area contributed by atoms with Crippen molar-refractivity contribution >= 4 is 23.8 Å². The molecule has 2 aromatic rings. The van der Waals surface area contributed by atoms with Crippen LogP contribution in [0.15, 0.2) is 30.6 Å². The van der Waals surface area contributed by atoms with Gasteiger partial charge < -0.3 is 5.73 Å². The number of halogens is 1. The van der Waals surface area contributed by atoms with Gasteiger partial charge in [-0.25, -0.2) is 4.68 Å². The quantitative estimate of drug-likeness (QED) is 0.836. The number of carbonyl (C=O) groups is 2. The highest BCUT2D eigenvalue weighted by Gasteiger charge is 2.07. The molecule has 2 rings (SSSR count). The van der Waals surface area contributed by atoms with Gasteiger partial charge in [0.15, 0.2) is 6.29 Å². The molecule has 0 atom stereocenters. The van der Waals surface area contributed by atoms with Gasteiger partial charge in [-0.05, 0) is 18.2 Å². The number of amides is 1. The summed E-state index contributed by atoms with van der Waals surface area (Å²) in [4.78, 5) is 21.5. The Hall–Kier alpha value is -2.14. The second kappa shape index (κ2) is 4.39. The van der Waals surface area contributed by atoms with Crippen LogP contribution >= 0.6 is 11.6 Å². The topological polar surface area (TPSA) is 78.0 Å². The maximum atomic E-state index is 10.9. The molecule has 17 heavy (non-hydrogen) atoms. The molecule has 6 heteroatoms. The van der Waals surface area contributed by atoms with Crippen molar-refractivity contribution < 1.29 is 9.59 Å². The van der Waals surface area contributed by atoms with E-state index in [4.69, 9.17) is 17.3 Å². The van der Waals surface area contributed by atoms with Crippen LogP contribution in [0.25, 0.3) is 5.69 Å². The summed E-state index contributed by atoms with van der Waals surface area (Å²) >= 11 is 5.88. The van der Waals surface area contributed by atoms with E-state index >= 15 is 0 Å². The van der Waals surface area contributed by atoms with Crippen molar-refractivity contribution in [1.82, 2.24) is 9.78 Å². The van der Waals surface area contributed by atoms with Crippen LogP contribution in [-0.4, -0.2) is 22.0 Å². The van der Waals surface area contributed by atoms with Crippen LogP contribution < -0.4 is 5.73 Å². The lowest BCUT2D eigenvalue weighted by Gasteiger charge is -2.02.